The van der Waals surface area contributed by atoms with E-state index in [1.165, 1.54) is 0 Å². The fourth-order valence-electron chi connectivity index (χ4n) is 1.93. The Hall–Kier alpha value is -1.12. The highest BCUT2D eigenvalue weighted by Gasteiger charge is 2.38. The fraction of sp³-hybridized carbons (Fsp3) is 0.636. The van der Waals surface area contributed by atoms with Crippen molar-refractivity contribution in [1.29, 1.82) is 1.43 Å². The predicted octanol–water partition coefficient (Wildman–Crippen LogP) is 4.98. The van der Waals surface area contributed by atoms with Crippen molar-refractivity contribution < 1.29 is 14.6 Å². The standard InChI is InChI=1S/C22H38O3Si/c1-7-8-9-12-15-20(24)16-13-10-11-14-17-21(18-19-23)25-26(5,6)22(2,3)4/h8-9,13-14,16-17,20-21,23-24H,7,12,15,18-19H2,1-6H3/b9-8-,16-13+,17-14+/t20-,21+/m0/s1/i24T. The third-order valence-electron chi connectivity index (χ3n) is 4.56. The zero-order chi connectivity index (χ0) is 20.8. The van der Waals surface area contributed by atoms with Crippen molar-refractivity contribution in [3.05, 3.63) is 36.5 Å². The third kappa shape index (κ3) is 11.5. The Morgan fingerprint density at radius 1 is 1.12 bits per heavy atom. The molecule has 0 radical (unpaired) electrons. The number of aliphatic hydroxyl groups excluding tert-OH is 2. The van der Waals surface area contributed by atoms with Crippen molar-refractivity contribution >= 4 is 8.32 Å². The van der Waals surface area contributed by atoms with Gasteiger partial charge < -0.3 is 14.6 Å². The molecule has 0 aromatic heterocycles. The van der Waals surface area contributed by atoms with Gasteiger partial charge >= 0.3 is 0 Å². The summed E-state index contributed by atoms with van der Waals surface area (Å²) >= 11 is 0. The number of allylic oxidation sites excluding steroid dienone is 4. The van der Waals surface area contributed by atoms with Crippen LogP contribution in [0.2, 0.25) is 18.1 Å². The molecule has 2 N–H and O–H groups in total. The SMILES string of the molecule is [3H]O[C@H](/C=C/C#C/C=C/[C@H](CCO)O[Si](C)(C)C(C)(C)C)CC/C=C\CC. The van der Waals surface area contributed by atoms with E-state index in [9.17, 15) is 5.11 Å². The molecule has 4 heteroatoms. The van der Waals surface area contributed by atoms with E-state index in [1.807, 2.05) is 12.2 Å². The first kappa shape index (κ1) is 22.9. The molecule has 0 aromatic carbocycles. The molecule has 0 amide bonds. The summed E-state index contributed by atoms with van der Waals surface area (Å²) in [5.74, 6) is 5.90. The molecule has 148 valence electrons. The lowest BCUT2D eigenvalue weighted by Gasteiger charge is -2.38. The highest BCUT2D eigenvalue weighted by atomic mass is 28.4. The van der Waals surface area contributed by atoms with Crippen LogP contribution in [0.5, 0.6) is 0 Å². The smallest absolute Gasteiger partial charge is 0.211 e. The highest BCUT2D eigenvalue weighted by Crippen LogP contribution is 2.37. The molecule has 0 saturated carbocycles. The lowest BCUT2D eigenvalue weighted by Crippen LogP contribution is -2.43. The molecule has 0 fully saturated rings. The van der Waals surface area contributed by atoms with E-state index >= 15 is 0 Å². The normalized spacial score (nSPS) is 16.0. The molecule has 2 atom stereocenters. The first-order valence-electron chi connectivity index (χ1n) is 9.98. The summed E-state index contributed by atoms with van der Waals surface area (Å²) in [6, 6.07) is 0. The minimum Gasteiger partial charge on any atom is -0.410 e. The van der Waals surface area contributed by atoms with Crippen LogP contribution < -0.4 is 0 Å². The topological polar surface area (TPSA) is 49.7 Å². The maximum Gasteiger partial charge on any atom is 0.211 e. The van der Waals surface area contributed by atoms with Crippen LogP contribution in [-0.2, 0) is 4.43 Å². The zero-order valence-electron chi connectivity index (χ0n) is 18.4. The van der Waals surface area contributed by atoms with E-state index in [2.05, 4.69) is 64.8 Å². The summed E-state index contributed by atoms with van der Waals surface area (Å²) in [4.78, 5) is 0. The average Bonchev–Trinajstić information content (AvgIpc) is 2.58. The van der Waals surface area contributed by atoms with Gasteiger partial charge in [0.05, 0.1) is 12.2 Å². The van der Waals surface area contributed by atoms with Crippen LogP contribution in [0.4, 0.5) is 0 Å². The second-order valence-corrected chi connectivity index (χ2v) is 12.7. The molecule has 0 bridgehead atoms. The van der Waals surface area contributed by atoms with E-state index in [-0.39, 0.29) is 23.9 Å². The number of hydrogen-bond acceptors (Lipinski definition) is 3. The average molecular weight is 381 g/mol. The molecule has 0 unspecified atom stereocenters. The summed E-state index contributed by atoms with van der Waals surface area (Å²) in [6.45, 7) is 13.2. The molecule has 0 heterocycles. The zero-order valence-corrected chi connectivity index (χ0v) is 18.4. The van der Waals surface area contributed by atoms with Gasteiger partial charge in [0, 0.05) is 6.61 Å². The Morgan fingerprint density at radius 2 is 1.77 bits per heavy atom. The van der Waals surface area contributed by atoms with Gasteiger partial charge in [-0.25, -0.2) is 0 Å². The van der Waals surface area contributed by atoms with Gasteiger partial charge in [-0.2, -0.15) is 0 Å². The van der Waals surface area contributed by atoms with Crippen LogP contribution in [0.15, 0.2) is 36.5 Å². The summed E-state index contributed by atoms with van der Waals surface area (Å²) in [7, 11) is -1.89. The van der Waals surface area contributed by atoms with Crippen LogP contribution in [-0.4, -0.2) is 38.8 Å². The van der Waals surface area contributed by atoms with E-state index in [0.29, 0.717) is 6.42 Å². The largest absolute Gasteiger partial charge is 0.410 e. The van der Waals surface area contributed by atoms with Crippen molar-refractivity contribution in [3.63, 3.8) is 0 Å². The number of aliphatic hydroxyl groups is 2. The van der Waals surface area contributed by atoms with Crippen LogP contribution >= 0.6 is 0 Å². The van der Waals surface area contributed by atoms with Crippen LogP contribution in [0.1, 0.15) is 53.4 Å². The monoisotopic (exact) mass is 380 g/mol. The molecular formula is C22H38O3Si. The van der Waals surface area contributed by atoms with Gasteiger partial charge in [-0.15, -0.1) is 0 Å². The molecule has 0 aliphatic heterocycles. The fourth-order valence-corrected chi connectivity index (χ4v) is 3.23. The quantitative estimate of drug-likeness (QED) is 0.302. The maximum absolute atomic E-state index is 9.29. The van der Waals surface area contributed by atoms with Crippen LogP contribution in [0.3, 0.4) is 0 Å². The third-order valence-corrected chi connectivity index (χ3v) is 9.06. The molecule has 0 rings (SSSR count). The summed E-state index contributed by atoms with van der Waals surface area (Å²) in [6.07, 6.45) is 14.4. The minimum atomic E-state index is -1.89. The van der Waals surface area contributed by atoms with E-state index in [0.717, 1.165) is 19.3 Å². The van der Waals surface area contributed by atoms with E-state index in [4.69, 9.17) is 11.0 Å². The van der Waals surface area contributed by atoms with Crippen molar-refractivity contribution in [2.75, 3.05) is 6.61 Å². The Morgan fingerprint density at radius 3 is 2.31 bits per heavy atom. The Kier molecular flexibility index (Phi) is 11.6. The van der Waals surface area contributed by atoms with Crippen molar-refractivity contribution in [3.8, 4) is 11.8 Å². The molecule has 26 heavy (non-hydrogen) atoms. The summed E-state index contributed by atoms with van der Waals surface area (Å²) < 4.78 is 13.4. The molecule has 0 aromatic rings. The van der Waals surface area contributed by atoms with E-state index in [1.54, 1.807) is 12.2 Å². The Bertz CT molecular complexity index is 536. The highest BCUT2D eigenvalue weighted by molar-refractivity contribution is 6.74. The second-order valence-electron chi connectivity index (χ2n) is 7.93. The second kappa shape index (κ2) is 13.1. The van der Waals surface area contributed by atoms with Crippen molar-refractivity contribution in [2.45, 2.75) is 83.7 Å². The maximum atomic E-state index is 9.29. The van der Waals surface area contributed by atoms with Gasteiger partial charge in [-0.3, -0.25) is 0 Å². The number of hydrogen-bond donors (Lipinski definition) is 2. The minimum absolute atomic E-state index is 0.0892. The van der Waals surface area contributed by atoms with Gasteiger partial charge in [0.25, 0.3) is 0 Å². The predicted molar refractivity (Wildman–Crippen MR) is 115 cm³/mol. The number of rotatable bonds is 11. The molecule has 0 aliphatic rings. The summed E-state index contributed by atoms with van der Waals surface area (Å²) in [5, 5.41) is 14.1. The molecule has 0 aliphatic carbocycles. The van der Waals surface area contributed by atoms with Gasteiger partial charge in [-0.05, 0) is 68.1 Å². The van der Waals surface area contributed by atoms with Gasteiger partial charge in [-0.1, -0.05) is 51.7 Å². The van der Waals surface area contributed by atoms with Crippen molar-refractivity contribution in [1.82, 2.24) is 0 Å². The lowest BCUT2D eigenvalue weighted by molar-refractivity contribution is 0.174. The Labute approximate surface area is 163 Å². The lowest BCUT2D eigenvalue weighted by atomic mass is 10.1. The Balaban J connectivity index is 4.67. The molecule has 3 nitrogen and oxygen atoms in total. The van der Waals surface area contributed by atoms with E-state index < -0.39 is 8.32 Å². The van der Waals surface area contributed by atoms with Gasteiger partial charge in [0.2, 0.25) is 1.43 Å². The first-order chi connectivity index (χ1) is 12.7. The van der Waals surface area contributed by atoms with Crippen LogP contribution in [0, 0.1) is 11.8 Å². The van der Waals surface area contributed by atoms with Gasteiger partial charge in [0.15, 0.2) is 8.32 Å². The van der Waals surface area contributed by atoms with Crippen LogP contribution in [0.25, 0.3) is 0 Å². The molecule has 0 saturated heterocycles. The van der Waals surface area contributed by atoms with Crippen molar-refractivity contribution in [2.24, 2.45) is 0 Å². The summed E-state index contributed by atoms with van der Waals surface area (Å²) in [5.41, 5.74) is 0. The molecule has 0 spiro atoms. The molecular weight excluding hydrogens is 340 g/mol. The first-order valence-corrected chi connectivity index (χ1v) is 12.5. The van der Waals surface area contributed by atoms with Gasteiger partial charge in [0.1, 0.15) is 0 Å².